The standard InChI is InChI=1S/C17H20N8O/c1-17(2,3)7-25-14-11(13(18)22-15(19)23-14)12(24-25)8-4-5-10-9(6-8)21-16(20)26-10/h4-6H,7H2,1-3H3,(H2,20,21)(H4,18,19,22,23). The van der Waals surface area contributed by atoms with Gasteiger partial charge in [0.15, 0.2) is 11.2 Å². The van der Waals surface area contributed by atoms with E-state index in [0.29, 0.717) is 40.2 Å². The second-order valence-electron chi connectivity index (χ2n) is 7.47. The van der Waals surface area contributed by atoms with Crippen LogP contribution >= 0.6 is 0 Å². The molecule has 0 fully saturated rings. The fourth-order valence-corrected chi connectivity index (χ4v) is 2.97. The summed E-state index contributed by atoms with van der Waals surface area (Å²) < 4.78 is 7.15. The molecule has 1 aromatic carbocycles. The second-order valence-corrected chi connectivity index (χ2v) is 7.47. The van der Waals surface area contributed by atoms with Crippen molar-refractivity contribution in [2.75, 3.05) is 17.2 Å². The average molecular weight is 352 g/mol. The van der Waals surface area contributed by atoms with Crippen molar-refractivity contribution >= 4 is 39.9 Å². The summed E-state index contributed by atoms with van der Waals surface area (Å²) in [6.45, 7) is 7.02. The number of rotatable bonds is 2. The van der Waals surface area contributed by atoms with Gasteiger partial charge in [-0.15, -0.1) is 0 Å². The Kier molecular flexibility index (Phi) is 3.30. The van der Waals surface area contributed by atoms with E-state index in [2.05, 4.69) is 35.7 Å². The lowest BCUT2D eigenvalue weighted by atomic mass is 9.97. The Hall–Kier alpha value is -3.36. The molecule has 9 nitrogen and oxygen atoms in total. The van der Waals surface area contributed by atoms with Gasteiger partial charge in [-0.3, -0.25) is 0 Å². The van der Waals surface area contributed by atoms with Gasteiger partial charge in [-0.25, -0.2) is 4.68 Å². The molecule has 4 aromatic rings. The van der Waals surface area contributed by atoms with Crippen molar-refractivity contribution in [2.24, 2.45) is 5.41 Å². The molecule has 0 saturated carbocycles. The second kappa shape index (κ2) is 5.32. The number of benzene rings is 1. The summed E-state index contributed by atoms with van der Waals surface area (Å²) in [7, 11) is 0. The van der Waals surface area contributed by atoms with Crippen LogP contribution in [0.3, 0.4) is 0 Å². The van der Waals surface area contributed by atoms with Gasteiger partial charge < -0.3 is 21.6 Å². The van der Waals surface area contributed by atoms with E-state index in [1.807, 2.05) is 16.8 Å². The fourth-order valence-electron chi connectivity index (χ4n) is 2.97. The smallest absolute Gasteiger partial charge is 0.292 e. The Bertz CT molecular complexity index is 1140. The topological polar surface area (TPSA) is 148 Å². The molecular formula is C17H20N8O. The molecule has 3 aromatic heterocycles. The normalized spacial score (nSPS) is 12.3. The quantitative estimate of drug-likeness (QED) is 0.498. The number of hydrogen-bond donors (Lipinski definition) is 3. The van der Waals surface area contributed by atoms with E-state index in [0.717, 1.165) is 5.56 Å². The third-order valence-electron chi connectivity index (χ3n) is 3.94. The number of nitrogen functional groups attached to an aromatic ring is 3. The zero-order chi connectivity index (χ0) is 18.6. The predicted molar refractivity (Wildman–Crippen MR) is 101 cm³/mol. The third-order valence-corrected chi connectivity index (χ3v) is 3.94. The van der Waals surface area contributed by atoms with Gasteiger partial charge >= 0.3 is 0 Å². The highest BCUT2D eigenvalue weighted by molar-refractivity contribution is 6.00. The molecule has 134 valence electrons. The molecule has 0 bridgehead atoms. The first-order chi connectivity index (χ1) is 12.2. The van der Waals surface area contributed by atoms with Crippen LogP contribution in [0.5, 0.6) is 0 Å². The minimum atomic E-state index is -0.00475. The predicted octanol–water partition coefficient (Wildman–Crippen LogP) is 2.43. The van der Waals surface area contributed by atoms with E-state index in [9.17, 15) is 0 Å². The Balaban J connectivity index is 1.98. The van der Waals surface area contributed by atoms with E-state index in [4.69, 9.17) is 26.7 Å². The van der Waals surface area contributed by atoms with Crippen LogP contribution in [0.2, 0.25) is 0 Å². The maximum Gasteiger partial charge on any atom is 0.292 e. The van der Waals surface area contributed by atoms with Crippen LogP contribution in [0.25, 0.3) is 33.4 Å². The molecule has 26 heavy (non-hydrogen) atoms. The molecule has 3 heterocycles. The minimum absolute atomic E-state index is 0.00475. The SMILES string of the molecule is CC(C)(C)Cn1nc(-c2ccc3oc(N)nc3c2)c2c(N)nc(N)nc21. The maximum atomic E-state index is 6.15. The molecule has 0 spiro atoms. The number of nitrogens with two attached hydrogens (primary N) is 3. The van der Waals surface area contributed by atoms with Crippen molar-refractivity contribution in [2.45, 2.75) is 27.3 Å². The van der Waals surface area contributed by atoms with Gasteiger partial charge in [0.05, 0.1) is 5.39 Å². The molecule has 6 N–H and O–H groups in total. The van der Waals surface area contributed by atoms with Crippen molar-refractivity contribution < 1.29 is 4.42 Å². The van der Waals surface area contributed by atoms with E-state index < -0.39 is 0 Å². The molecule has 0 aliphatic carbocycles. The highest BCUT2D eigenvalue weighted by Crippen LogP contribution is 2.34. The van der Waals surface area contributed by atoms with Crippen LogP contribution in [0, 0.1) is 5.41 Å². The zero-order valence-electron chi connectivity index (χ0n) is 14.8. The molecule has 0 radical (unpaired) electrons. The van der Waals surface area contributed by atoms with Crippen LogP contribution < -0.4 is 17.2 Å². The van der Waals surface area contributed by atoms with Gasteiger partial charge in [0.1, 0.15) is 17.0 Å². The lowest BCUT2D eigenvalue weighted by molar-refractivity contribution is 0.331. The summed E-state index contributed by atoms with van der Waals surface area (Å²) in [6, 6.07) is 5.66. The number of fused-ring (bicyclic) bond motifs is 2. The highest BCUT2D eigenvalue weighted by atomic mass is 16.4. The van der Waals surface area contributed by atoms with Crippen LogP contribution in [-0.2, 0) is 6.54 Å². The summed E-state index contributed by atoms with van der Waals surface area (Å²) in [6.07, 6.45) is 0. The number of nitrogens with zero attached hydrogens (tertiary/aromatic N) is 5. The molecule has 4 rings (SSSR count). The number of oxazole rings is 1. The number of aromatic nitrogens is 5. The van der Waals surface area contributed by atoms with Crippen molar-refractivity contribution in [1.29, 1.82) is 0 Å². The van der Waals surface area contributed by atoms with Gasteiger partial charge in [0.25, 0.3) is 6.01 Å². The summed E-state index contributed by atoms with van der Waals surface area (Å²) in [5, 5.41) is 5.42. The lowest BCUT2D eigenvalue weighted by Gasteiger charge is -2.18. The van der Waals surface area contributed by atoms with Gasteiger partial charge in [0.2, 0.25) is 5.95 Å². The Morgan fingerprint density at radius 3 is 2.58 bits per heavy atom. The Labute approximate surface area is 149 Å². The van der Waals surface area contributed by atoms with Gasteiger partial charge in [0, 0.05) is 12.1 Å². The first-order valence-corrected chi connectivity index (χ1v) is 8.17. The molecule has 0 amide bonds. The molecule has 9 heteroatoms. The minimum Gasteiger partial charge on any atom is -0.424 e. The van der Waals surface area contributed by atoms with Crippen LogP contribution in [-0.4, -0.2) is 24.7 Å². The zero-order valence-corrected chi connectivity index (χ0v) is 14.8. The average Bonchev–Trinajstić information content (AvgIpc) is 3.05. The van der Waals surface area contributed by atoms with Gasteiger partial charge in [-0.05, 0) is 23.6 Å². The summed E-state index contributed by atoms with van der Waals surface area (Å²) in [4.78, 5) is 12.6. The summed E-state index contributed by atoms with van der Waals surface area (Å²) in [5.41, 5.74) is 20.9. The fraction of sp³-hybridized carbons (Fsp3) is 0.294. The number of hydrogen-bond acceptors (Lipinski definition) is 8. The van der Waals surface area contributed by atoms with Crippen molar-refractivity contribution in [3.05, 3.63) is 18.2 Å². The van der Waals surface area contributed by atoms with Crippen molar-refractivity contribution in [3.63, 3.8) is 0 Å². The van der Waals surface area contributed by atoms with Crippen LogP contribution in [0.15, 0.2) is 22.6 Å². The van der Waals surface area contributed by atoms with Crippen LogP contribution in [0.1, 0.15) is 20.8 Å². The van der Waals surface area contributed by atoms with E-state index in [1.165, 1.54) is 0 Å². The largest absolute Gasteiger partial charge is 0.424 e. The first-order valence-electron chi connectivity index (χ1n) is 8.17. The first kappa shape index (κ1) is 16.1. The molecule has 0 aliphatic rings. The summed E-state index contributed by atoms with van der Waals surface area (Å²) >= 11 is 0. The molecule has 0 aliphatic heterocycles. The lowest BCUT2D eigenvalue weighted by Crippen LogP contribution is -2.17. The maximum absolute atomic E-state index is 6.15. The van der Waals surface area contributed by atoms with Crippen molar-refractivity contribution in [1.82, 2.24) is 24.7 Å². The Morgan fingerprint density at radius 1 is 1.08 bits per heavy atom. The Morgan fingerprint density at radius 2 is 1.85 bits per heavy atom. The molecule has 0 unspecified atom stereocenters. The highest BCUT2D eigenvalue weighted by Gasteiger charge is 2.22. The monoisotopic (exact) mass is 352 g/mol. The molecular weight excluding hydrogens is 332 g/mol. The van der Waals surface area contributed by atoms with Crippen molar-refractivity contribution in [3.8, 4) is 11.3 Å². The molecule has 0 atom stereocenters. The van der Waals surface area contributed by atoms with Gasteiger partial charge in [-0.2, -0.15) is 20.1 Å². The van der Waals surface area contributed by atoms with E-state index >= 15 is 0 Å². The molecule has 0 saturated heterocycles. The van der Waals surface area contributed by atoms with Crippen LogP contribution in [0.4, 0.5) is 17.8 Å². The van der Waals surface area contributed by atoms with Gasteiger partial charge in [-0.1, -0.05) is 20.8 Å². The number of anilines is 3. The third kappa shape index (κ3) is 2.67. The summed E-state index contributed by atoms with van der Waals surface area (Å²) in [5.74, 6) is 0.416. The van der Waals surface area contributed by atoms with E-state index in [1.54, 1.807) is 6.07 Å². The van der Waals surface area contributed by atoms with E-state index in [-0.39, 0.29) is 17.4 Å².